The molecule has 2 aromatic rings. The van der Waals surface area contributed by atoms with Crippen LogP contribution in [-0.4, -0.2) is 18.0 Å². The summed E-state index contributed by atoms with van der Waals surface area (Å²) in [4.78, 5) is 12.3. The summed E-state index contributed by atoms with van der Waals surface area (Å²) in [5, 5.41) is 9.67. The molecule has 0 amide bonds. The van der Waals surface area contributed by atoms with Crippen LogP contribution in [0.5, 0.6) is 17.2 Å². The molecule has 3 rings (SSSR count). The third kappa shape index (κ3) is 2.09. The van der Waals surface area contributed by atoms with Gasteiger partial charge >= 0.3 is 0 Å². The van der Waals surface area contributed by atoms with E-state index in [0.717, 1.165) is 5.56 Å². The minimum absolute atomic E-state index is 0.0158. The second-order valence-electron chi connectivity index (χ2n) is 4.67. The van der Waals surface area contributed by atoms with Gasteiger partial charge in [-0.15, -0.1) is 0 Å². The number of benzene rings is 2. The summed E-state index contributed by atoms with van der Waals surface area (Å²) in [6, 6.07) is 12.4. The Balaban J connectivity index is 2.03. The maximum atomic E-state index is 12.3. The summed E-state index contributed by atoms with van der Waals surface area (Å²) >= 11 is 0. The number of hydrogen-bond donors (Lipinski definition) is 1. The maximum Gasteiger partial charge on any atom is 0.174 e. The first-order valence-corrected chi connectivity index (χ1v) is 6.35. The highest BCUT2D eigenvalue weighted by molar-refractivity contribution is 6.02. The van der Waals surface area contributed by atoms with Gasteiger partial charge in [-0.1, -0.05) is 30.3 Å². The number of phenolic OH excluding ortho intramolecular Hbond substituents is 1. The van der Waals surface area contributed by atoms with E-state index in [1.54, 1.807) is 0 Å². The van der Waals surface area contributed by atoms with Gasteiger partial charge in [-0.25, -0.2) is 0 Å². The summed E-state index contributed by atoms with van der Waals surface area (Å²) in [6.07, 6.45) is -0.0688. The van der Waals surface area contributed by atoms with Crippen molar-refractivity contribution in [1.29, 1.82) is 0 Å². The van der Waals surface area contributed by atoms with Crippen LogP contribution in [0.1, 0.15) is 28.4 Å². The van der Waals surface area contributed by atoms with Gasteiger partial charge in [0.15, 0.2) is 5.78 Å². The van der Waals surface area contributed by atoms with Crippen molar-refractivity contribution in [2.75, 3.05) is 7.11 Å². The van der Waals surface area contributed by atoms with Crippen molar-refractivity contribution in [2.45, 2.75) is 12.5 Å². The molecule has 0 radical (unpaired) electrons. The Hall–Kier alpha value is -2.49. The van der Waals surface area contributed by atoms with Gasteiger partial charge in [-0.3, -0.25) is 4.79 Å². The summed E-state index contributed by atoms with van der Waals surface area (Å²) in [5.41, 5.74) is 1.34. The predicted molar refractivity (Wildman–Crippen MR) is 73.4 cm³/mol. The molecule has 0 bridgehead atoms. The van der Waals surface area contributed by atoms with Crippen LogP contribution in [0.4, 0.5) is 0 Å². The van der Waals surface area contributed by atoms with Gasteiger partial charge in [0.05, 0.1) is 13.5 Å². The van der Waals surface area contributed by atoms with Gasteiger partial charge in [0.25, 0.3) is 0 Å². The topological polar surface area (TPSA) is 55.8 Å². The van der Waals surface area contributed by atoms with Crippen LogP contribution in [0.2, 0.25) is 0 Å². The first-order chi connectivity index (χ1) is 9.69. The molecule has 0 spiro atoms. The molecular weight excluding hydrogens is 256 g/mol. The van der Waals surface area contributed by atoms with Crippen molar-refractivity contribution in [1.82, 2.24) is 0 Å². The Morgan fingerprint density at radius 1 is 1.25 bits per heavy atom. The van der Waals surface area contributed by atoms with Gasteiger partial charge in [0.1, 0.15) is 28.9 Å². The second-order valence-corrected chi connectivity index (χ2v) is 4.67. The first kappa shape index (κ1) is 12.5. The number of Topliss-reactive ketones (excluding diaryl/α,β-unsaturated/α-hetero) is 1. The van der Waals surface area contributed by atoms with Crippen molar-refractivity contribution in [3.63, 3.8) is 0 Å². The van der Waals surface area contributed by atoms with E-state index in [-0.39, 0.29) is 24.1 Å². The number of ketones is 1. The van der Waals surface area contributed by atoms with E-state index < -0.39 is 0 Å². The van der Waals surface area contributed by atoms with E-state index in [1.165, 1.54) is 19.2 Å². The smallest absolute Gasteiger partial charge is 0.174 e. The largest absolute Gasteiger partial charge is 0.508 e. The quantitative estimate of drug-likeness (QED) is 0.911. The van der Waals surface area contributed by atoms with Crippen LogP contribution in [-0.2, 0) is 0 Å². The van der Waals surface area contributed by atoms with E-state index in [1.807, 2.05) is 30.3 Å². The number of rotatable bonds is 2. The van der Waals surface area contributed by atoms with E-state index in [2.05, 4.69) is 0 Å². The monoisotopic (exact) mass is 270 g/mol. The Labute approximate surface area is 116 Å². The lowest BCUT2D eigenvalue weighted by molar-refractivity contribution is 0.0844. The number of methoxy groups -OCH3 is 1. The van der Waals surface area contributed by atoms with Crippen LogP contribution in [0, 0.1) is 0 Å². The molecule has 0 aliphatic carbocycles. The van der Waals surface area contributed by atoms with Gasteiger partial charge < -0.3 is 14.6 Å². The second kappa shape index (κ2) is 4.89. The molecule has 20 heavy (non-hydrogen) atoms. The fourth-order valence-electron chi connectivity index (χ4n) is 2.42. The SMILES string of the molecule is COc1cc(O)cc2c1C(=O)C[C@@H](c1ccccc1)O2. The number of hydrogen-bond acceptors (Lipinski definition) is 4. The molecule has 4 heteroatoms. The van der Waals surface area contributed by atoms with Gasteiger partial charge in [-0.2, -0.15) is 0 Å². The van der Waals surface area contributed by atoms with Gasteiger partial charge in [-0.05, 0) is 5.56 Å². The highest BCUT2D eigenvalue weighted by Crippen LogP contribution is 2.41. The summed E-state index contributed by atoms with van der Waals surface area (Å²) in [6.45, 7) is 0. The van der Waals surface area contributed by atoms with Crippen LogP contribution in [0.15, 0.2) is 42.5 Å². The van der Waals surface area contributed by atoms with Crippen LogP contribution in [0.3, 0.4) is 0 Å². The van der Waals surface area contributed by atoms with E-state index >= 15 is 0 Å². The molecule has 0 aromatic heterocycles. The van der Waals surface area contributed by atoms with Crippen molar-refractivity contribution in [3.05, 3.63) is 53.6 Å². The summed E-state index contributed by atoms with van der Waals surface area (Å²) in [5.74, 6) is 0.683. The Kier molecular flexibility index (Phi) is 3.06. The minimum atomic E-state index is -0.331. The number of carbonyl (C=O) groups excluding carboxylic acids is 1. The molecule has 0 saturated heterocycles. The highest BCUT2D eigenvalue weighted by Gasteiger charge is 2.31. The van der Waals surface area contributed by atoms with E-state index in [4.69, 9.17) is 9.47 Å². The molecule has 1 heterocycles. The predicted octanol–water partition coefficient (Wildman–Crippen LogP) is 3.11. The zero-order valence-corrected chi connectivity index (χ0v) is 11.0. The minimum Gasteiger partial charge on any atom is -0.508 e. The van der Waals surface area contributed by atoms with E-state index in [9.17, 15) is 9.90 Å². The van der Waals surface area contributed by atoms with Crippen LogP contribution < -0.4 is 9.47 Å². The summed E-state index contributed by atoms with van der Waals surface area (Å²) in [7, 11) is 1.46. The Bertz CT molecular complexity index is 649. The molecule has 1 atom stereocenters. The lowest BCUT2D eigenvalue weighted by Crippen LogP contribution is -2.21. The van der Waals surface area contributed by atoms with Gasteiger partial charge in [0.2, 0.25) is 0 Å². The number of aromatic hydroxyl groups is 1. The molecule has 0 saturated carbocycles. The van der Waals surface area contributed by atoms with Crippen molar-refractivity contribution in [2.24, 2.45) is 0 Å². The molecule has 1 aliphatic heterocycles. The Morgan fingerprint density at radius 2 is 2.00 bits per heavy atom. The molecule has 1 aliphatic rings. The normalized spacial score (nSPS) is 17.2. The molecule has 0 unspecified atom stereocenters. The number of fused-ring (bicyclic) bond motifs is 1. The molecule has 1 N–H and O–H groups in total. The third-order valence-corrected chi connectivity index (χ3v) is 3.36. The van der Waals surface area contributed by atoms with Crippen molar-refractivity contribution in [3.8, 4) is 17.2 Å². The van der Waals surface area contributed by atoms with Crippen molar-refractivity contribution < 1.29 is 19.4 Å². The molecule has 0 fully saturated rings. The number of carbonyl (C=O) groups is 1. The summed E-state index contributed by atoms with van der Waals surface area (Å²) < 4.78 is 11.0. The number of ether oxygens (including phenoxy) is 2. The lowest BCUT2D eigenvalue weighted by atomic mass is 9.95. The standard InChI is InChI=1S/C16H14O4/c1-19-14-7-11(17)8-15-16(14)12(18)9-13(20-15)10-5-3-2-4-6-10/h2-8,13,17H,9H2,1H3/t13-/m0/s1. The first-order valence-electron chi connectivity index (χ1n) is 6.35. The van der Waals surface area contributed by atoms with E-state index in [0.29, 0.717) is 17.1 Å². The molecule has 4 nitrogen and oxygen atoms in total. The maximum absolute atomic E-state index is 12.3. The molecular formula is C16H14O4. The van der Waals surface area contributed by atoms with Crippen LogP contribution in [0.25, 0.3) is 0 Å². The fraction of sp³-hybridized carbons (Fsp3) is 0.188. The van der Waals surface area contributed by atoms with Crippen molar-refractivity contribution >= 4 is 5.78 Å². The zero-order valence-electron chi connectivity index (χ0n) is 11.0. The molecule has 2 aromatic carbocycles. The average molecular weight is 270 g/mol. The Morgan fingerprint density at radius 3 is 2.70 bits per heavy atom. The highest BCUT2D eigenvalue weighted by atomic mass is 16.5. The fourth-order valence-corrected chi connectivity index (χ4v) is 2.42. The third-order valence-electron chi connectivity index (χ3n) is 3.36. The molecule has 102 valence electrons. The zero-order chi connectivity index (χ0) is 14.1. The average Bonchev–Trinajstić information content (AvgIpc) is 2.46. The van der Waals surface area contributed by atoms with Gasteiger partial charge in [0, 0.05) is 12.1 Å². The lowest BCUT2D eigenvalue weighted by Gasteiger charge is -2.26. The number of phenols is 1. The van der Waals surface area contributed by atoms with Crippen LogP contribution >= 0.6 is 0 Å².